The molecule has 2 aromatic carbocycles. The summed E-state index contributed by atoms with van der Waals surface area (Å²) in [4.78, 5) is 4.43. The van der Waals surface area contributed by atoms with Crippen molar-refractivity contribution in [2.45, 2.75) is 12.5 Å². The summed E-state index contributed by atoms with van der Waals surface area (Å²) in [7, 11) is 1.51. The summed E-state index contributed by atoms with van der Waals surface area (Å²) in [6.45, 7) is 1.92. The van der Waals surface area contributed by atoms with Crippen LogP contribution in [0.1, 0.15) is 22.4 Å². The van der Waals surface area contributed by atoms with Gasteiger partial charge in [0.25, 0.3) is 0 Å². The molecule has 5 heteroatoms. The monoisotopic (exact) mass is 386 g/mol. The zero-order valence-corrected chi connectivity index (χ0v) is 16.3. The molecule has 0 spiro atoms. The maximum atomic E-state index is 11.0. The number of nitrogens with one attached hydrogen (secondary N) is 1. The molecule has 0 amide bonds. The lowest BCUT2D eigenvalue weighted by atomic mass is 9.79. The highest BCUT2D eigenvalue weighted by atomic mass is 16.5. The van der Waals surface area contributed by atoms with Crippen molar-refractivity contribution in [1.29, 1.82) is 0 Å². The van der Waals surface area contributed by atoms with Crippen LogP contribution in [0.15, 0.2) is 79.0 Å². The van der Waals surface area contributed by atoms with Crippen molar-refractivity contribution in [1.82, 2.24) is 10.3 Å². The number of allylic oxidation sites excluding steroid dienone is 2. The van der Waals surface area contributed by atoms with Crippen LogP contribution in [0.4, 0.5) is 0 Å². The fourth-order valence-electron chi connectivity index (χ4n) is 3.70. The predicted octanol–water partition coefficient (Wildman–Crippen LogP) is 4.25. The number of phenolic OH excluding ortho intramolecular Hbond substituents is 2. The van der Waals surface area contributed by atoms with Gasteiger partial charge in [-0.15, -0.1) is 0 Å². The fraction of sp³-hybridized carbons (Fsp3) is 0.125. The first-order valence-electron chi connectivity index (χ1n) is 9.31. The normalized spacial score (nSPS) is 18.1. The van der Waals surface area contributed by atoms with Crippen LogP contribution < -0.4 is 10.1 Å². The molecule has 1 aliphatic rings. The molecular formula is C24H22N2O3. The van der Waals surface area contributed by atoms with Crippen molar-refractivity contribution in [2.24, 2.45) is 0 Å². The minimum Gasteiger partial charge on any atom is -0.508 e. The summed E-state index contributed by atoms with van der Waals surface area (Å²) >= 11 is 0. The Balaban J connectivity index is 1.95. The van der Waals surface area contributed by atoms with Crippen molar-refractivity contribution in [2.75, 3.05) is 7.11 Å². The standard InChI is InChI=1S/C24H22N2O3/c1-16-11-12-17(21(27)15-16)24(18-7-5-10-22(29-2)23(18)28)13-6-9-20(26-24)19-8-3-4-14-25-19/h3-15,26-28H,1-2H3. The van der Waals surface area contributed by atoms with E-state index in [4.69, 9.17) is 4.74 Å². The number of aryl methyl sites for hydroxylation is 1. The number of benzene rings is 2. The number of pyridine rings is 1. The molecule has 29 heavy (non-hydrogen) atoms. The average Bonchev–Trinajstić information content (AvgIpc) is 2.74. The second-order valence-corrected chi connectivity index (χ2v) is 6.96. The zero-order valence-electron chi connectivity index (χ0n) is 16.3. The average molecular weight is 386 g/mol. The van der Waals surface area contributed by atoms with E-state index in [0.29, 0.717) is 16.9 Å². The molecule has 0 saturated carbocycles. The van der Waals surface area contributed by atoms with E-state index in [1.807, 2.05) is 67.6 Å². The number of hydrogen-bond donors (Lipinski definition) is 3. The number of aromatic nitrogens is 1. The van der Waals surface area contributed by atoms with Crippen LogP contribution in [0.25, 0.3) is 5.70 Å². The topological polar surface area (TPSA) is 74.6 Å². The number of nitrogens with zero attached hydrogens (tertiary/aromatic N) is 1. The molecule has 1 aromatic heterocycles. The van der Waals surface area contributed by atoms with E-state index in [1.165, 1.54) is 7.11 Å². The van der Waals surface area contributed by atoms with Gasteiger partial charge in [-0.3, -0.25) is 4.98 Å². The Kier molecular flexibility index (Phi) is 4.72. The van der Waals surface area contributed by atoms with Crippen molar-refractivity contribution in [3.8, 4) is 17.2 Å². The van der Waals surface area contributed by atoms with E-state index in [-0.39, 0.29) is 11.5 Å². The van der Waals surface area contributed by atoms with Gasteiger partial charge in [0, 0.05) is 17.3 Å². The summed E-state index contributed by atoms with van der Waals surface area (Å²) < 4.78 is 5.33. The minimum absolute atomic E-state index is 0.00870. The van der Waals surface area contributed by atoms with Gasteiger partial charge in [0.1, 0.15) is 11.3 Å². The van der Waals surface area contributed by atoms with Gasteiger partial charge < -0.3 is 20.3 Å². The molecule has 1 aliphatic heterocycles. The summed E-state index contributed by atoms with van der Waals surface area (Å²) in [5.74, 6) is 0.499. The first kappa shape index (κ1) is 18.6. The van der Waals surface area contributed by atoms with Gasteiger partial charge in [-0.2, -0.15) is 0 Å². The van der Waals surface area contributed by atoms with Crippen LogP contribution >= 0.6 is 0 Å². The summed E-state index contributed by atoms with van der Waals surface area (Å²) in [5.41, 5.74) is 2.64. The summed E-state index contributed by atoms with van der Waals surface area (Å²) in [5, 5.41) is 25.3. The zero-order chi connectivity index (χ0) is 20.4. The molecule has 0 radical (unpaired) electrons. The number of para-hydroxylation sites is 1. The van der Waals surface area contributed by atoms with Gasteiger partial charge in [-0.25, -0.2) is 0 Å². The minimum atomic E-state index is -1.02. The molecule has 5 nitrogen and oxygen atoms in total. The number of rotatable bonds is 4. The third-order valence-corrected chi connectivity index (χ3v) is 5.10. The third kappa shape index (κ3) is 3.21. The number of aromatic hydroxyl groups is 2. The molecule has 2 heterocycles. The Bertz CT molecular complexity index is 1110. The number of dihydropyridines is 1. The Labute approximate surface area is 169 Å². The molecule has 4 rings (SSSR count). The number of methoxy groups -OCH3 is 1. The van der Waals surface area contributed by atoms with Gasteiger partial charge in [-0.05, 0) is 48.9 Å². The first-order chi connectivity index (χ1) is 14.0. The summed E-state index contributed by atoms with van der Waals surface area (Å²) in [6.07, 6.45) is 7.46. The lowest BCUT2D eigenvalue weighted by Crippen LogP contribution is -2.42. The molecule has 1 unspecified atom stereocenters. The van der Waals surface area contributed by atoms with Crippen LogP contribution in [0.2, 0.25) is 0 Å². The quantitative estimate of drug-likeness (QED) is 0.625. The fourth-order valence-corrected chi connectivity index (χ4v) is 3.70. The molecule has 0 fully saturated rings. The molecule has 0 aliphatic carbocycles. The predicted molar refractivity (Wildman–Crippen MR) is 113 cm³/mol. The Morgan fingerprint density at radius 2 is 1.86 bits per heavy atom. The second-order valence-electron chi connectivity index (χ2n) is 6.96. The lowest BCUT2D eigenvalue weighted by molar-refractivity contribution is 0.363. The molecule has 3 N–H and O–H groups in total. The van der Waals surface area contributed by atoms with Gasteiger partial charge in [0.05, 0.1) is 18.5 Å². The van der Waals surface area contributed by atoms with Crippen LogP contribution in [0.5, 0.6) is 17.2 Å². The molecule has 146 valence electrons. The smallest absolute Gasteiger partial charge is 0.164 e. The lowest BCUT2D eigenvalue weighted by Gasteiger charge is -2.37. The van der Waals surface area contributed by atoms with E-state index >= 15 is 0 Å². The van der Waals surface area contributed by atoms with Crippen molar-refractivity contribution >= 4 is 5.70 Å². The molecule has 0 saturated heterocycles. The number of phenols is 2. The first-order valence-corrected chi connectivity index (χ1v) is 9.31. The maximum Gasteiger partial charge on any atom is 0.164 e. The van der Waals surface area contributed by atoms with Crippen molar-refractivity contribution in [3.05, 3.63) is 101 Å². The largest absolute Gasteiger partial charge is 0.508 e. The van der Waals surface area contributed by atoms with Crippen LogP contribution in [0.3, 0.4) is 0 Å². The van der Waals surface area contributed by atoms with Crippen molar-refractivity contribution < 1.29 is 14.9 Å². The maximum absolute atomic E-state index is 11.0. The SMILES string of the molecule is COc1cccc(C2(c3ccc(C)cc3O)C=CC=C(c3ccccn3)N2)c1O. The van der Waals surface area contributed by atoms with Crippen molar-refractivity contribution in [3.63, 3.8) is 0 Å². The van der Waals surface area contributed by atoms with E-state index < -0.39 is 5.54 Å². The molecule has 3 aromatic rings. The molecular weight excluding hydrogens is 364 g/mol. The second kappa shape index (κ2) is 7.36. The van der Waals surface area contributed by atoms with E-state index in [2.05, 4.69) is 10.3 Å². The number of ether oxygens (including phenoxy) is 1. The molecule has 1 atom stereocenters. The van der Waals surface area contributed by atoms with E-state index in [0.717, 1.165) is 17.0 Å². The van der Waals surface area contributed by atoms with Crippen LogP contribution in [-0.4, -0.2) is 22.3 Å². The van der Waals surface area contributed by atoms with E-state index in [9.17, 15) is 10.2 Å². The summed E-state index contributed by atoms with van der Waals surface area (Å²) in [6, 6.07) is 16.5. The van der Waals surface area contributed by atoms with Gasteiger partial charge in [0.15, 0.2) is 11.5 Å². The Morgan fingerprint density at radius 1 is 1.00 bits per heavy atom. The molecule has 0 bridgehead atoms. The van der Waals surface area contributed by atoms with Crippen LogP contribution in [0, 0.1) is 6.92 Å². The van der Waals surface area contributed by atoms with Gasteiger partial charge in [0.2, 0.25) is 0 Å². The number of hydrogen-bond acceptors (Lipinski definition) is 5. The highest BCUT2D eigenvalue weighted by molar-refractivity contribution is 5.70. The van der Waals surface area contributed by atoms with E-state index in [1.54, 1.807) is 18.3 Å². The van der Waals surface area contributed by atoms with Gasteiger partial charge in [-0.1, -0.05) is 36.4 Å². The Morgan fingerprint density at radius 3 is 2.59 bits per heavy atom. The Hall–Kier alpha value is -3.73. The third-order valence-electron chi connectivity index (χ3n) is 5.10. The van der Waals surface area contributed by atoms with Gasteiger partial charge >= 0.3 is 0 Å². The highest BCUT2D eigenvalue weighted by Gasteiger charge is 2.39. The van der Waals surface area contributed by atoms with Crippen LogP contribution in [-0.2, 0) is 5.54 Å². The highest BCUT2D eigenvalue weighted by Crippen LogP contribution is 2.46.